The van der Waals surface area contributed by atoms with Crippen LogP contribution in [-0.4, -0.2) is 42.2 Å². The highest BCUT2D eigenvalue weighted by atomic mass is 19.4. The predicted molar refractivity (Wildman–Crippen MR) is 165 cm³/mol. The van der Waals surface area contributed by atoms with Crippen molar-refractivity contribution in [3.63, 3.8) is 0 Å². The van der Waals surface area contributed by atoms with Crippen LogP contribution in [0, 0.1) is 0 Å². The van der Waals surface area contributed by atoms with Gasteiger partial charge in [-0.15, -0.1) is 0 Å². The van der Waals surface area contributed by atoms with E-state index in [9.17, 15) is 41.0 Å². The Hall–Kier alpha value is -3.90. The molecule has 2 amide bonds. The maximum Gasteiger partial charge on any atom is 0.416 e. The standard InChI is InChI=1S/C35H37F6N3O3/c36-34(37,38)27-13-23(14-28(19-27)35(39,40)41)20-42-21-31(45)30(15-22-7-2-1-3-8-22)43-33(47)26-16-25(24-9-4-5-10-24)17-29(18-26)44-12-6-11-32(44)46/h1-3,7-8,13-14,16-19,24,30-31,42,45H,4-6,9-12,15,20-21H2,(H,43,47)/t30-,31-/m0/s1. The van der Waals surface area contributed by atoms with Crippen molar-refractivity contribution in [3.8, 4) is 0 Å². The third-order valence-electron chi connectivity index (χ3n) is 8.82. The Bertz CT molecular complexity index is 1520. The van der Waals surface area contributed by atoms with E-state index in [1.165, 1.54) is 0 Å². The number of nitrogens with one attached hydrogen (secondary N) is 2. The van der Waals surface area contributed by atoms with Crippen LogP contribution >= 0.6 is 0 Å². The molecule has 0 radical (unpaired) electrons. The number of carbonyl (C=O) groups is 2. The number of alkyl halides is 6. The van der Waals surface area contributed by atoms with Crippen molar-refractivity contribution in [2.45, 2.75) is 81.9 Å². The molecule has 47 heavy (non-hydrogen) atoms. The second kappa shape index (κ2) is 14.5. The monoisotopic (exact) mass is 661 g/mol. The van der Waals surface area contributed by atoms with E-state index in [1.54, 1.807) is 23.1 Å². The van der Waals surface area contributed by atoms with E-state index < -0.39 is 41.5 Å². The first-order valence-electron chi connectivity index (χ1n) is 15.8. The van der Waals surface area contributed by atoms with Gasteiger partial charge >= 0.3 is 12.4 Å². The van der Waals surface area contributed by atoms with E-state index in [-0.39, 0.29) is 43.0 Å². The Morgan fingerprint density at radius 2 is 1.53 bits per heavy atom. The minimum absolute atomic E-state index is 0.00787. The van der Waals surface area contributed by atoms with Crippen LogP contribution in [-0.2, 0) is 30.1 Å². The summed E-state index contributed by atoms with van der Waals surface area (Å²) in [6.45, 7) is -0.0525. The third kappa shape index (κ3) is 8.92. The molecule has 2 atom stereocenters. The van der Waals surface area contributed by atoms with Crippen molar-refractivity contribution in [2.75, 3.05) is 18.0 Å². The number of halogens is 6. The number of anilines is 1. The molecule has 12 heteroatoms. The maximum atomic E-state index is 13.8. The van der Waals surface area contributed by atoms with Gasteiger partial charge in [-0.05, 0) is 84.7 Å². The highest BCUT2D eigenvalue weighted by Gasteiger charge is 2.37. The fourth-order valence-corrected chi connectivity index (χ4v) is 6.37. The Morgan fingerprint density at radius 3 is 2.13 bits per heavy atom. The van der Waals surface area contributed by atoms with Crippen molar-refractivity contribution in [1.82, 2.24) is 10.6 Å². The Balaban J connectivity index is 1.35. The molecule has 1 heterocycles. The van der Waals surface area contributed by atoms with Gasteiger partial charge in [0.25, 0.3) is 5.91 Å². The molecular weight excluding hydrogens is 624 g/mol. The van der Waals surface area contributed by atoms with Crippen LogP contribution in [0.1, 0.15) is 82.6 Å². The Kier molecular flexibility index (Phi) is 10.6. The van der Waals surface area contributed by atoms with Gasteiger partial charge in [0.2, 0.25) is 5.91 Å². The Morgan fingerprint density at radius 1 is 0.872 bits per heavy atom. The second-order valence-corrected chi connectivity index (χ2v) is 12.3. The van der Waals surface area contributed by atoms with E-state index in [0.29, 0.717) is 36.3 Å². The van der Waals surface area contributed by atoms with Crippen molar-refractivity contribution in [3.05, 3.63) is 100 Å². The number of rotatable bonds is 11. The van der Waals surface area contributed by atoms with Crippen molar-refractivity contribution >= 4 is 17.5 Å². The van der Waals surface area contributed by atoms with E-state index in [1.807, 2.05) is 30.3 Å². The lowest BCUT2D eigenvalue weighted by atomic mass is 9.94. The number of hydrogen-bond donors (Lipinski definition) is 3. The largest absolute Gasteiger partial charge is 0.416 e. The van der Waals surface area contributed by atoms with Gasteiger partial charge < -0.3 is 20.6 Å². The van der Waals surface area contributed by atoms with Crippen LogP contribution < -0.4 is 15.5 Å². The third-order valence-corrected chi connectivity index (χ3v) is 8.82. The highest BCUT2D eigenvalue weighted by molar-refractivity contribution is 5.99. The van der Waals surface area contributed by atoms with Gasteiger partial charge in [0, 0.05) is 37.3 Å². The smallest absolute Gasteiger partial charge is 0.390 e. The molecule has 1 aliphatic carbocycles. The molecule has 6 nitrogen and oxygen atoms in total. The number of aliphatic hydroxyl groups excluding tert-OH is 1. The normalized spacial score (nSPS) is 17.3. The number of hydrogen-bond acceptors (Lipinski definition) is 4. The van der Waals surface area contributed by atoms with Gasteiger partial charge in [0.05, 0.1) is 23.3 Å². The lowest BCUT2D eigenvalue weighted by Gasteiger charge is -2.26. The van der Waals surface area contributed by atoms with Crippen molar-refractivity contribution < 1.29 is 41.0 Å². The topological polar surface area (TPSA) is 81.7 Å². The van der Waals surface area contributed by atoms with Gasteiger partial charge in [0.15, 0.2) is 0 Å². The summed E-state index contributed by atoms with van der Waals surface area (Å²) in [4.78, 5) is 28.0. The molecule has 1 aliphatic heterocycles. The van der Waals surface area contributed by atoms with E-state index >= 15 is 0 Å². The molecule has 3 aromatic rings. The molecular formula is C35H37F6N3O3. The maximum absolute atomic E-state index is 13.8. The van der Waals surface area contributed by atoms with Gasteiger partial charge in [-0.25, -0.2) is 0 Å². The molecule has 0 aromatic heterocycles. The van der Waals surface area contributed by atoms with Crippen LogP contribution in [0.4, 0.5) is 32.0 Å². The quantitative estimate of drug-likeness (QED) is 0.194. The molecule has 3 N–H and O–H groups in total. The fraction of sp³-hybridized carbons (Fsp3) is 0.429. The van der Waals surface area contributed by atoms with Crippen LogP contribution in [0.5, 0.6) is 0 Å². The summed E-state index contributed by atoms with van der Waals surface area (Å²) >= 11 is 0. The summed E-state index contributed by atoms with van der Waals surface area (Å²) in [5.74, 6) is -0.209. The van der Waals surface area contributed by atoms with Gasteiger partial charge in [-0.3, -0.25) is 9.59 Å². The first-order valence-corrected chi connectivity index (χ1v) is 15.8. The summed E-state index contributed by atoms with van der Waals surface area (Å²) < 4.78 is 79.9. The molecule has 0 spiro atoms. The molecule has 252 valence electrons. The number of amides is 2. The summed E-state index contributed by atoms with van der Waals surface area (Å²) in [6.07, 6.45) is -5.72. The molecule has 1 saturated carbocycles. The zero-order valence-corrected chi connectivity index (χ0v) is 25.6. The van der Waals surface area contributed by atoms with E-state index in [0.717, 1.165) is 43.2 Å². The minimum atomic E-state index is -4.97. The predicted octanol–water partition coefficient (Wildman–Crippen LogP) is 7.00. The van der Waals surface area contributed by atoms with Crippen LogP contribution in [0.3, 0.4) is 0 Å². The number of benzene rings is 3. The average molecular weight is 662 g/mol. The molecule has 3 aromatic carbocycles. The molecule has 5 rings (SSSR count). The van der Waals surface area contributed by atoms with Crippen molar-refractivity contribution in [2.24, 2.45) is 0 Å². The van der Waals surface area contributed by atoms with E-state index in [4.69, 9.17) is 0 Å². The summed E-state index contributed by atoms with van der Waals surface area (Å²) in [7, 11) is 0. The van der Waals surface area contributed by atoms with Gasteiger partial charge in [0.1, 0.15) is 0 Å². The highest BCUT2D eigenvalue weighted by Crippen LogP contribution is 2.38. The summed E-state index contributed by atoms with van der Waals surface area (Å²) in [5, 5.41) is 16.9. The minimum Gasteiger partial charge on any atom is -0.390 e. The average Bonchev–Trinajstić information content (AvgIpc) is 3.72. The van der Waals surface area contributed by atoms with Gasteiger partial charge in [-0.2, -0.15) is 26.3 Å². The van der Waals surface area contributed by atoms with Crippen LogP contribution in [0.2, 0.25) is 0 Å². The first-order chi connectivity index (χ1) is 22.3. The van der Waals surface area contributed by atoms with Crippen molar-refractivity contribution in [1.29, 1.82) is 0 Å². The lowest BCUT2D eigenvalue weighted by Crippen LogP contribution is -2.48. The zero-order chi connectivity index (χ0) is 33.8. The number of carbonyl (C=O) groups excluding carboxylic acids is 2. The molecule has 1 saturated heterocycles. The molecule has 2 fully saturated rings. The number of aliphatic hydroxyl groups is 1. The first kappa shape index (κ1) is 34.4. The Labute approximate surface area is 269 Å². The molecule has 2 aliphatic rings. The number of nitrogens with zero attached hydrogens (tertiary/aromatic N) is 1. The fourth-order valence-electron chi connectivity index (χ4n) is 6.37. The molecule has 0 bridgehead atoms. The second-order valence-electron chi connectivity index (χ2n) is 12.3. The zero-order valence-electron chi connectivity index (χ0n) is 25.6. The van der Waals surface area contributed by atoms with E-state index in [2.05, 4.69) is 10.6 Å². The summed E-state index contributed by atoms with van der Waals surface area (Å²) in [6, 6.07) is 15.0. The SMILES string of the molecule is O=C(N[C@@H](Cc1ccccc1)[C@@H](O)CNCc1cc(C(F)(F)F)cc(C(F)(F)F)c1)c1cc(C2CCCC2)cc(N2CCCC2=O)c1. The van der Waals surface area contributed by atoms with Crippen LogP contribution in [0.25, 0.3) is 0 Å². The lowest BCUT2D eigenvalue weighted by molar-refractivity contribution is -0.143. The van der Waals surface area contributed by atoms with Gasteiger partial charge in [-0.1, -0.05) is 43.2 Å². The van der Waals surface area contributed by atoms with Crippen LogP contribution in [0.15, 0.2) is 66.7 Å². The summed E-state index contributed by atoms with van der Waals surface area (Å²) in [5.41, 5.74) is -0.328. The molecule has 0 unspecified atom stereocenters.